The number of hydrogen-bond donors (Lipinski definition) is 1. The van der Waals surface area contributed by atoms with E-state index in [0.29, 0.717) is 0 Å². The summed E-state index contributed by atoms with van der Waals surface area (Å²) in [6, 6.07) is 5.59. The number of amides is 1. The first-order valence-electron chi connectivity index (χ1n) is 7.80. The van der Waals surface area contributed by atoms with Crippen molar-refractivity contribution in [3.8, 4) is 0 Å². The van der Waals surface area contributed by atoms with Gasteiger partial charge in [-0.3, -0.25) is 4.79 Å². The Morgan fingerprint density at radius 3 is 2.70 bits per heavy atom. The Balaban J connectivity index is 1.74. The number of rotatable bonds is 1. The molecule has 2 aliphatic rings. The maximum absolute atomic E-state index is 12.7. The van der Waals surface area contributed by atoms with Crippen molar-refractivity contribution in [2.75, 3.05) is 18.8 Å². The van der Waals surface area contributed by atoms with Crippen LogP contribution >= 0.6 is 0 Å². The van der Waals surface area contributed by atoms with Crippen LogP contribution in [0.25, 0.3) is 0 Å². The van der Waals surface area contributed by atoms with Crippen LogP contribution in [0.4, 0.5) is 5.69 Å². The van der Waals surface area contributed by atoms with Gasteiger partial charge in [0, 0.05) is 24.3 Å². The van der Waals surface area contributed by atoms with Crippen molar-refractivity contribution >= 4 is 11.6 Å². The number of likely N-dealkylation sites (tertiary alicyclic amines) is 1. The molecule has 0 spiro atoms. The molecule has 1 aliphatic carbocycles. The molecule has 2 unspecified atom stereocenters. The minimum absolute atomic E-state index is 0.187. The highest BCUT2D eigenvalue weighted by atomic mass is 16.2. The topological polar surface area (TPSA) is 46.3 Å². The average Bonchev–Trinajstić information content (AvgIpc) is 2.46. The molecule has 0 bridgehead atoms. The smallest absolute Gasteiger partial charge is 0.254 e. The Morgan fingerprint density at radius 2 is 1.95 bits per heavy atom. The molecular formula is C17H24N2O. The van der Waals surface area contributed by atoms with E-state index in [1.807, 2.05) is 25.1 Å². The van der Waals surface area contributed by atoms with Gasteiger partial charge >= 0.3 is 0 Å². The molecule has 1 saturated carbocycles. The second-order valence-corrected chi connectivity index (χ2v) is 6.42. The van der Waals surface area contributed by atoms with Crippen LogP contribution in [0.2, 0.25) is 0 Å². The summed E-state index contributed by atoms with van der Waals surface area (Å²) in [6.45, 7) is 3.84. The van der Waals surface area contributed by atoms with Crippen molar-refractivity contribution in [1.29, 1.82) is 0 Å². The van der Waals surface area contributed by atoms with Crippen molar-refractivity contribution in [3.63, 3.8) is 0 Å². The molecule has 108 valence electrons. The van der Waals surface area contributed by atoms with Crippen molar-refractivity contribution < 1.29 is 4.79 Å². The molecule has 2 atom stereocenters. The predicted molar refractivity (Wildman–Crippen MR) is 81.6 cm³/mol. The lowest BCUT2D eigenvalue weighted by Gasteiger charge is -2.41. The highest BCUT2D eigenvalue weighted by Gasteiger charge is 2.33. The van der Waals surface area contributed by atoms with Crippen LogP contribution in [-0.4, -0.2) is 23.9 Å². The van der Waals surface area contributed by atoms with Crippen LogP contribution in [0.3, 0.4) is 0 Å². The van der Waals surface area contributed by atoms with Gasteiger partial charge in [0.1, 0.15) is 0 Å². The molecule has 1 aromatic rings. The first-order chi connectivity index (χ1) is 9.65. The lowest BCUT2D eigenvalue weighted by molar-refractivity contribution is 0.0520. The van der Waals surface area contributed by atoms with Crippen molar-refractivity contribution in [2.24, 2.45) is 11.8 Å². The van der Waals surface area contributed by atoms with Crippen LogP contribution in [0.5, 0.6) is 0 Å². The molecule has 0 radical (unpaired) electrons. The molecule has 1 aromatic carbocycles. The van der Waals surface area contributed by atoms with E-state index in [0.717, 1.165) is 41.7 Å². The van der Waals surface area contributed by atoms with Gasteiger partial charge in [0.2, 0.25) is 0 Å². The molecule has 3 rings (SSSR count). The van der Waals surface area contributed by atoms with Crippen LogP contribution in [0.1, 0.15) is 48.0 Å². The average molecular weight is 272 g/mol. The summed E-state index contributed by atoms with van der Waals surface area (Å²) in [5, 5.41) is 0. The summed E-state index contributed by atoms with van der Waals surface area (Å²) in [4.78, 5) is 14.8. The number of piperidine rings is 1. The summed E-state index contributed by atoms with van der Waals surface area (Å²) in [7, 11) is 0. The Morgan fingerprint density at radius 1 is 1.20 bits per heavy atom. The summed E-state index contributed by atoms with van der Waals surface area (Å²) < 4.78 is 0. The van der Waals surface area contributed by atoms with Gasteiger partial charge in [-0.05, 0) is 55.4 Å². The van der Waals surface area contributed by atoms with Crippen molar-refractivity contribution in [3.05, 3.63) is 29.3 Å². The Hall–Kier alpha value is -1.51. The third-order valence-electron chi connectivity index (χ3n) is 5.06. The fourth-order valence-electron chi connectivity index (χ4n) is 3.88. The van der Waals surface area contributed by atoms with E-state index >= 15 is 0 Å². The molecular weight excluding hydrogens is 248 g/mol. The second kappa shape index (κ2) is 5.47. The lowest BCUT2D eigenvalue weighted by atomic mass is 9.75. The van der Waals surface area contributed by atoms with Gasteiger partial charge in [-0.25, -0.2) is 0 Å². The van der Waals surface area contributed by atoms with Gasteiger partial charge < -0.3 is 10.6 Å². The third-order valence-corrected chi connectivity index (χ3v) is 5.06. The molecule has 3 heteroatoms. The number of benzene rings is 1. The van der Waals surface area contributed by atoms with Gasteiger partial charge in [-0.2, -0.15) is 0 Å². The quantitative estimate of drug-likeness (QED) is 0.798. The highest BCUT2D eigenvalue weighted by Crippen LogP contribution is 2.36. The third kappa shape index (κ3) is 2.54. The van der Waals surface area contributed by atoms with Crippen LogP contribution in [0, 0.1) is 18.8 Å². The molecule has 2 fully saturated rings. The van der Waals surface area contributed by atoms with Crippen molar-refractivity contribution in [2.45, 2.75) is 39.0 Å². The van der Waals surface area contributed by atoms with Gasteiger partial charge in [0.05, 0.1) is 0 Å². The number of fused-ring (bicyclic) bond motifs is 1. The van der Waals surface area contributed by atoms with Gasteiger partial charge in [0.15, 0.2) is 0 Å². The molecule has 1 saturated heterocycles. The number of nitrogens with zero attached hydrogens (tertiary/aromatic N) is 1. The molecule has 0 aromatic heterocycles. The summed E-state index contributed by atoms with van der Waals surface area (Å²) >= 11 is 0. The minimum atomic E-state index is 0.187. The van der Waals surface area contributed by atoms with E-state index < -0.39 is 0 Å². The van der Waals surface area contributed by atoms with Gasteiger partial charge in [0.25, 0.3) is 5.91 Å². The predicted octanol–water partition coefficient (Wildman–Crippen LogP) is 3.23. The molecule has 2 N–H and O–H groups in total. The molecule has 1 aliphatic heterocycles. The number of aryl methyl sites for hydroxylation is 1. The highest BCUT2D eigenvalue weighted by molar-refractivity contribution is 5.96. The Kier molecular flexibility index (Phi) is 3.68. The lowest BCUT2D eigenvalue weighted by Crippen LogP contribution is -2.44. The zero-order valence-corrected chi connectivity index (χ0v) is 12.3. The first-order valence-corrected chi connectivity index (χ1v) is 7.80. The van der Waals surface area contributed by atoms with Gasteiger partial charge in [-0.15, -0.1) is 0 Å². The van der Waals surface area contributed by atoms with Crippen LogP contribution in [0.15, 0.2) is 18.2 Å². The standard InChI is InChI=1S/C17H24N2O/c1-12-10-15(18)6-7-16(12)17(20)19-9-8-13-4-2-3-5-14(13)11-19/h6-7,10,13-14H,2-5,8-9,11,18H2,1H3. The van der Waals surface area contributed by atoms with Crippen LogP contribution < -0.4 is 5.73 Å². The molecule has 1 amide bonds. The number of hydrogen-bond acceptors (Lipinski definition) is 2. The minimum Gasteiger partial charge on any atom is -0.399 e. The summed E-state index contributed by atoms with van der Waals surface area (Å²) in [5.41, 5.74) is 8.30. The summed E-state index contributed by atoms with van der Waals surface area (Å²) in [5.74, 6) is 1.78. The SMILES string of the molecule is Cc1cc(N)ccc1C(=O)N1CCC2CCCCC2C1. The number of nitrogens with two attached hydrogens (primary N) is 1. The van der Waals surface area contributed by atoms with E-state index in [-0.39, 0.29) is 5.91 Å². The fourth-order valence-corrected chi connectivity index (χ4v) is 3.88. The first kappa shape index (κ1) is 13.5. The second-order valence-electron chi connectivity index (χ2n) is 6.42. The molecule has 3 nitrogen and oxygen atoms in total. The number of carbonyl (C=O) groups is 1. The Labute approximate surface area is 121 Å². The normalized spacial score (nSPS) is 26.1. The maximum atomic E-state index is 12.7. The number of carbonyl (C=O) groups excluding carboxylic acids is 1. The van der Waals surface area contributed by atoms with E-state index in [9.17, 15) is 4.79 Å². The van der Waals surface area contributed by atoms with Gasteiger partial charge in [-0.1, -0.05) is 19.3 Å². The fraction of sp³-hybridized carbons (Fsp3) is 0.588. The maximum Gasteiger partial charge on any atom is 0.254 e. The zero-order valence-electron chi connectivity index (χ0n) is 12.3. The zero-order chi connectivity index (χ0) is 14.1. The molecule has 20 heavy (non-hydrogen) atoms. The van der Waals surface area contributed by atoms with Crippen molar-refractivity contribution in [1.82, 2.24) is 4.90 Å². The Bertz CT molecular complexity index is 512. The largest absolute Gasteiger partial charge is 0.399 e. The number of anilines is 1. The van der Waals surface area contributed by atoms with E-state index in [1.165, 1.54) is 32.1 Å². The van der Waals surface area contributed by atoms with E-state index in [4.69, 9.17) is 5.73 Å². The van der Waals surface area contributed by atoms with E-state index in [1.54, 1.807) is 0 Å². The van der Waals surface area contributed by atoms with E-state index in [2.05, 4.69) is 4.90 Å². The van der Waals surface area contributed by atoms with Crippen LogP contribution in [-0.2, 0) is 0 Å². The monoisotopic (exact) mass is 272 g/mol. The summed E-state index contributed by atoms with van der Waals surface area (Å²) in [6.07, 6.45) is 6.57. The molecule has 1 heterocycles. The number of nitrogen functional groups attached to an aromatic ring is 1.